The van der Waals surface area contributed by atoms with E-state index in [0.29, 0.717) is 29.5 Å². The highest BCUT2D eigenvalue weighted by atomic mass is 32.3. The van der Waals surface area contributed by atoms with Crippen LogP contribution in [0.1, 0.15) is 38.6 Å². The number of aryl methyl sites for hydroxylation is 1. The van der Waals surface area contributed by atoms with Crippen LogP contribution in [0.3, 0.4) is 0 Å². The predicted molar refractivity (Wildman–Crippen MR) is 143 cm³/mol. The number of sulfonamides is 2. The van der Waals surface area contributed by atoms with Crippen LogP contribution in [-0.4, -0.2) is 31.6 Å². The van der Waals surface area contributed by atoms with Crippen LogP contribution in [0.2, 0.25) is 0 Å². The van der Waals surface area contributed by atoms with Crippen molar-refractivity contribution >= 4 is 41.6 Å². The van der Waals surface area contributed by atoms with E-state index in [4.69, 9.17) is 0 Å². The van der Waals surface area contributed by atoms with E-state index in [-0.39, 0.29) is 10.5 Å². The third kappa shape index (κ3) is 5.29. The molecular weight excluding hydrogens is 518 g/mol. The molecule has 36 heavy (non-hydrogen) atoms. The number of nitrogens with zero attached hydrogens (tertiary/aromatic N) is 2. The fourth-order valence-electron chi connectivity index (χ4n) is 3.77. The molecule has 0 amide bonds. The Morgan fingerprint density at radius 2 is 1.69 bits per heavy atom. The van der Waals surface area contributed by atoms with Crippen LogP contribution < -0.4 is 9.69 Å². The molecule has 0 aliphatic heterocycles. The van der Waals surface area contributed by atoms with Crippen molar-refractivity contribution in [2.75, 3.05) is 0 Å². The van der Waals surface area contributed by atoms with E-state index in [1.54, 1.807) is 41.0 Å². The molecule has 0 saturated carbocycles. The summed E-state index contributed by atoms with van der Waals surface area (Å²) in [5.41, 5.74) is 1.76. The number of benzene rings is 2. The summed E-state index contributed by atoms with van der Waals surface area (Å²) < 4.78 is 53.9. The fraction of sp³-hybridized carbons (Fsp3) is 0.280. The number of fused-ring (bicyclic) bond motifs is 1. The molecule has 2 aromatic carbocycles. The van der Waals surface area contributed by atoms with Gasteiger partial charge in [-0.05, 0) is 48.9 Å². The van der Waals surface area contributed by atoms with Gasteiger partial charge in [-0.1, -0.05) is 49.4 Å². The second-order valence-corrected chi connectivity index (χ2v) is 13.7. The molecular formula is C25H27N3O5S3. The lowest BCUT2D eigenvalue weighted by Crippen LogP contribution is -2.36. The van der Waals surface area contributed by atoms with Gasteiger partial charge in [0.1, 0.15) is 10.7 Å². The van der Waals surface area contributed by atoms with Crippen molar-refractivity contribution in [1.82, 2.24) is 13.7 Å². The van der Waals surface area contributed by atoms with E-state index in [9.17, 15) is 21.6 Å². The van der Waals surface area contributed by atoms with Gasteiger partial charge in [-0.3, -0.25) is 9.36 Å². The Labute approximate surface area is 214 Å². The van der Waals surface area contributed by atoms with E-state index >= 15 is 0 Å². The minimum Gasteiger partial charge on any atom is -0.292 e. The Balaban J connectivity index is 1.68. The van der Waals surface area contributed by atoms with Crippen LogP contribution in [-0.2, 0) is 33.0 Å². The molecule has 2 heterocycles. The van der Waals surface area contributed by atoms with Crippen molar-refractivity contribution in [1.29, 1.82) is 0 Å². The van der Waals surface area contributed by atoms with Crippen LogP contribution >= 0.6 is 11.3 Å². The van der Waals surface area contributed by atoms with Crippen LogP contribution in [0.5, 0.6) is 0 Å². The first kappa shape index (κ1) is 26.2. The molecule has 0 aliphatic rings. The summed E-state index contributed by atoms with van der Waals surface area (Å²) in [5.74, 6) is 0.732. The zero-order chi connectivity index (χ0) is 26.1. The summed E-state index contributed by atoms with van der Waals surface area (Å²) in [4.78, 5) is 18.4. The summed E-state index contributed by atoms with van der Waals surface area (Å²) in [6, 6.07) is 15.2. The molecule has 0 spiro atoms. The van der Waals surface area contributed by atoms with E-state index in [1.165, 1.54) is 31.3 Å². The molecule has 2 aromatic heterocycles. The van der Waals surface area contributed by atoms with Crippen LogP contribution in [0, 0.1) is 0 Å². The first-order valence-electron chi connectivity index (χ1n) is 11.5. The maximum absolute atomic E-state index is 13.1. The number of thiophene rings is 1. The molecule has 1 N–H and O–H groups in total. The molecule has 190 valence electrons. The van der Waals surface area contributed by atoms with Crippen LogP contribution in [0.4, 0.5) is 0 Å². The number of hydrogen-bond donors (Lipinski definition) is 1. The highest BCUT2D eigenvalue weighted by Crippen LogP contribution is 2.28. The van der Waals surface area contributed by atoms with Gasteiger partial charge in [0.05, 0.1) is 22.1 Å². The third-order valence-electron chi connectivity index (χ3n) is 5.76. The lowest BCUT2D eigenvalue weighted by molar-refractivity contribution is 0.571. The highest BCUT2D eigenvalue weighted by molar-refractivity contribution is 8.05. The molecule has 0 bridgehead atoms. The van der Waals surface area contributed by atoms with Crippen LogP contribution in [0.25, 0.3) is 21.3 Å². The molecule has 4 rings (SSSR count). The van der Waals surface area contributed by atoms with Crippen molar-refractivity contribution in [3.05, 3.63) is 81.7 Å². The minimum absolute atomic E-state index is 0.0809. The van der Waals surface area contributed by atoms with Gasteiger partial charge in [0, 0.05) is 12.0 Å². The van der Waals surface area contributed by atoms with Gasteiger partial charge in [-0.15, -0.1) is 15.5 Å². The monoisotopic (exact) mass is 545 g/mol. The zero-order valence-electron chi connectivity index (χ0n) is 20.1. The Bertz CT molecular complexity index is 1670. The van der Waals surface area contributed by atoms with Gasteiger partial charge < -0.3 is 0 Å². The fourth-order valence-corrected chi connectivity index (χ4v) is 7.63. The lowest BCUT2D eigenvalue weighted by atomic mass is 10.0. The Morgan fingerprint density at radius 3 is 2.36 bits per heavy atom. The largest absolute Gasteiger partial charge is 0.292 e. The summed E-state index contributed by atoms with van der Waals surface area (Å²) in [6.07, 6.45) is 1.53. The van der Waals surface area contributed by atoms with E-state index < -0.39 is 25.3 Å². The smallest absolute Gasteiger partial charge is 0.262 e. The van der Waals surface area contributed by atoms with E-state index in [2.05, 4.69) is 4.98 Å². The van der Waals surface area contributed by atoms with Gasteiger partial charge in [-0.2, -0.15) is 0 Å². The molecule has 11 heteroatoms. The summed E-state index contributed by atoms with van der Waals surface area (Å²) in [7, 11) is -8.37. The van der Waals surface area contributed by atoms with Crippen molar-refractivity contribution in [3.8, 4) is 11.1 Å². The highest BCUT2D eigenvalue weighted by Gasteiger charge is 2.27. The second kappa shape index (κ2) is 10.3. The maximum Gasteiger partial charge on any atom is 0.262 e. The molecule has 0 fully saturated rings. The average molecular weight is 546 g/mol. The number of hydrogen-bond acceptors (Lipinski definition) is 7. The van der Waals surface area contributed by atoms with Crippen LogP contribution in [0.15, 0.2) is 69.7 Å². The standard InChI is InChI=1S/C25H27N3O5S3/c1-4-7-23-26-24-21(14-15-34-24)25(29)28(23)16-18-10-12-19(13-11-18)20-8-5-6-9-22(20)36(32,33)27-35(30,31)17(2)3/h5-6,8-15,17,27H,4,7,16H2,1-3H3. The summed E-state index contributed by atoms with van der Waals surface area (Å²) >= 11 is 1.45. The normalized spacial score (nSPS) is 12.4. The quantitative estimate of drug-likeness (QED) is 0.338. The van der Waals surface area contributed by atoms with Crippen molar-refractivity contribution in [2.24, 2.45) is 0 Å². The number of nitrogens with one attached hydrogen (secondary N) is 1. The Hall–Kier alpha value is -2.86. The lowest BCUT2D eigenvalue weighted by Gasteiger charge is -2.15. The average Bonchev–Trinajstić information content (AvgIpc) is 3.30. The molecule has 0 unspecified atom stereocenters. The van der Waals surface area contributed by atoms with Gasteiger partial charge in [-0.25, -0.2) is 21.8 Å². The Kier molecular flexibility index (Phi) is 7.46. The molecule has 0 radical (unpaired) electrons. The molecule has 0 aliphatic carbocycles. The topological polar surface area (TPSA) is 115 Å². The van der Waals surface area contributed by atoms with E-state index in [0.717, 1.165) is 22.6 Å². The van der Waals surface area contributed by atoms with Gasteiger partial charge >= 0.3 is 0 Å². The first-order valence-corrected chi connectivity index (χ1v) is 15.4. The van der Waals surface area contributed by atoms with Gasteiger partial charge in [0.2, 0.25) is 10.0 Å². The van der Waals surface area contributed by atoms with Gasteiger partial charge in [0.15, 0.2) is 0 Å². The van der Waals surface area contributed by atoms with Crippen molar-refractivity contribution in [3.63, 3.8) is 0 Å². The van der Waals surface area contributed by atoms with Crippen molar-refractivity contribution < 1.29 is 16.8 Å². The summed E-state index contributed by atoms with van der Waals surface area (Å²) in [6.45, 7) is 5.19. The molecule has 8 nitrogen and oxygen atoms in total. The van der Waals surface area contributed by atoms with Gasteiger partial charge in [0.25, 0.3) is 15.6 Å². The number of rotatable bonds is 9. The molecule has 4 aromatic rings. The first-order chi connectivity index (χ1) is 17.0. The van der Waals surface area contributed by atoms with E-state index in [1.807, 2.05) is 28.6 Å². The second-order valence-electron chi connectivity index (χ2n) is 8.68. The Morgan fingerprint density at radius 1 is 1.00 bits per heavy atom. The molecule has 0 saturated heterocycles. The predicted octanol–water partition coefficient (Wildman–Crippen LogP) is 4.14. The SMILES string of the molecule is CCCc1nc2sccc2c(=O)n1Cc1ccc(-c2ccccc2S(=O)(=O)NS(=O)(=O)C(C)C)cc1. The third-order valence-corrected chi connectivity index (χ3v) is 10.6. The van der Waals surface area contributed by atoms with Crippen molar-refractivity contribution in [2.45, 2.75) is 50.3 Å². The summed E-state index contributed by atoms with van der Waals surface area (Å²) in [5, 5.41) is 1.56. The zero-order valence-corrected chi connectivity index (χ0v) is 22.6. The molecule has 0 atom stereocenters. The maximum atomic E-state index is 13.1. The minimum atomic E-state index is -4.32. The number of aromatic nitrogens is 2.